The highest BCUT2D eigenvalue weighted by Gasteiger charge is 2.16. The minimum absolute atomic E-state index is 0.103. The summed E-state index contributed by atoms with van der Waals surface area (Å²) >= 11 is 0. The SMILES string of the molecule is CN(C)c1ccc(N(C)c2ccccc2[N+](=O)[O-])cc1. The van der Waals surface area contributed by atoms with Gasteiger partial charge in [0.2, 0.25) is 0 Å². The maximum atomic E-state index is 11.1. The largest absolute Gasteiger partial charge is 0.378 e. The zero-order valence-corrected chi connectivity index (χ0v) is 11.8. The Morgan fingerprint density at radius 1 is 0.900 bits per heavy atom. The number of benzene rings is 2. The van der Waals surface area contributed by atoms with Gasteiger partial charge in [-0.25, -0.2) is 0 Å². The van der Waals surface area contributed by atoms with Crippen LogP contribution in [0, 0.1) is 10.1 Å². The molecule has 0 aliphatic heterocycles. The van der Waals surface area contributed by atoms with Crippen molar-refractivity contribution in [2.24, 2.45) is 0 Å². The van der Waals surface area contributed by atoms with Crippen LogP contribution < -0.4 is 9.80 Å². The molecule has 0 bridgehead atoms. The maximum Gasteiger partial charge on any atom is 0.292 e. The topological polar surface area (TPSA) is 49.6 Å². The van der Waals surface area contributed by atoms with Crippen molar-refractivity contribution in [3.05, 3.63) is 58.6 Å². The molecule has 0 aromatic heterocycles. The Bertz CT molecular complexity index is 609. The van der Waals surface area contributed by atoms with E-state index in [-0.39, 0.29) is 10.6 Å². The van der Waals surface area contributed by atoms with Gasteiger partial charge >= 0.3 is 0 Å². The number of nitro groups is 1. The Morgan fingerprint density at radius 2 is 1.45 bits per heavy atom. The van der Waals surface area contributed by atoms with Crippen LogP contribution in [0.1, 0.15) is 0 Å². The fourth-order valence-electron chi connectivity index (χ4n) is 2.02. The first-order chi connectivity index (χ1) is 9.50. The van der Waals surface area contributed by atoms with Crippen molar-refractivity contribution in [1.82, 2.24) is 0 Å². The lowest BCUT2D eigenvalue weighted by atomic mass is 10.2. The minimum atomic E-state index is -0.361. The molecular formula is C15H17N3O2. The monoisotopic (exact) mass is 271 g/mol. The maximum absolute atomic E-state index is 11.1. The molecule has 0 spiro atoms. The third-order valence-electron chi connectivity index (χ3n) is 3.19. The van der Waals surface area contributed by atoms with Gasteiger partial charge in [0.1, 0.15) is 5.69 Å². The fraction of sp³-hybridized carbons (Fsp3) is 0.200. The summed E-state index contributed by atoms with van der Waals surface area (Å²) in [6, 6.07) is 14.6. The van der Waals surface area contributed by atoms with E-state index in [1.165, 1.54) is 6.07 Å². The van der Waals surface area contributed by atoms with Crippen LogP contribution in [0.5, 0.6) is 0 Å². The van der Waals surface area contributed by atoms with Crippen LogP contribution in [-0.2, 0) is 0 Å². The van der Waals surface area contributed by atoms with Gasteiger partial charge in [0.15, 0.2) is 0 Å². The quantitative estimate of drug-likeness (QED) is 0.631. The second-order valence-electron chi connectivity index (χ2n) is 4.72. The number of rotatable bonds is 4. The first-order valence-corrected chi connectivity index (χ1v) is 6.25. The molecule has 5 heteroatoms. The average molecular weight is 271 g/mol. The third-order valence-corrected chi connectivity index (χ3v) is 3.19. The highest BCUT2D eigenvalue weighted by molar-refractivity contribution is 5.72. The van der Waals surface area contributed by atoms with Gasteiger partial charge in [-0.05, 0) is 30.3 Å². The minimum Gasteiger partial charge on any atom is -0.378 e. The van der Waals surface area contributed by atoms with Gasteiger partial charge in [0.05, 0.1) is 4.92 Å². The second kappa shape index (κ2) is 5.61. The summed E-state index contributed by atoms with van der Waals surface area (Å²) in [7, 11) is 5.77. The van der Waals surface area contributed by atoms with Gasteiger partial charge in [0.25, 0.3) is 5.69 Å². The fourth-order valence-corrected chi connectivity index (χ4v) is 2.02. The van der Waals surface area contributed by atoms with E-state index < -0.39 is 0 Å². The Labute approximate surface area is 118 Å². The molecule has 0 fully saturated rings. The molecule has 5 nitrogen and oxygen atoms in total. The molecule has 2 aromatic rings. The lowest BCUT2D eigenvalue weighted by molar-refractivity contribution is -0.384. The van der Waals surface area contributed by atoms with Gasteiger partial charge < -0.3 is 9.80 Å². The third kappa shape index (κ3) is 2.71. The summed E-state index contributed by atoms with van der Waals surface area (Å²) in [6.07, 6.45) is 0. The lowest BCUT2D eigenvalue weighted by Gasteiger charge is -2.20. The summed E-state index contributed by atoms with van der Waals surface area (Å²) in [4.78, 5) is 14.5. The van der Waals surface area contributed by atoms with E-state index in [9.17, 15) is 10.1 Å². The molecule has 0 amide bonds. The Hall–Kier alpha value is -2.56. The number of nitrogens with zero attached hydrogens (tertiary/aromatic N) is 3. The normalized spacial score (nSPS) is 10.2. The van der Waals surface area contributed by atoms with Crippen LogP contribution in [0.4, 0.5) is 22.7 Å². The van der Waals surface area contributed by atoms with Crippen molar-refractivity contribution in [2.45, 2.75) is 0 Å². The van der Waals surface area contributed by atoms with E-state index in [1.54, 1.807) is 18.2 Å². The smallest absolute Gasteiger partial charge is 0.292 e. The van der Waals surface area contributed by atoms with Crippen molar-refractivity contribution in [2.75, 3.05) is 30.9 Å². The van der Waals surface area contributed by atoms with Crippen LogP contribution in [0.25, 0.3) is 0 Å². The number of para-hydroxylation sites is 2. The Balaban J connectivity index is 2.36. The van der Waals surface area contributed by atoms with Crippen molar-refractivity contribution in [3.8, 4) is 0 Å². The van der Waals surface area contributed by atoms with E-state index in [0.29, 0.717) is 5.69 Å². The van der Waals surface area contributed by atoms with Gasteiger partial charge in [-0.1, -0.05) is 12.1 Å². The molecule has 2 rings (SSSR count). The van der Waals surface area contributed by atoms with Crippen LogP contribution in [0.2, 0.25) is 0 Å². The van der Waals surface area contributed by atoms with Crippen LogP contribution in [0.15, 0.2) is 48.5 Å². The van der Waals surface area contributed by atoms with Crippen molar-refractivity contribution < 1.29 is 4.92 Å². The summed E-state index contributed by atoms with van der Waals surface area (Å²) < 4.78 is 0. The first-order valence-electron chi connectivity index (χ1n) is 6.25. The van der Waals surface area contributed by atoms with E-state index >= 15 is 0 Å². The predicted octanol–water partition coefficient (Wildman–Crippen LogP) is 3.43. The molecule has 0 aliphatic carbocycles. The van der Waals surface area contributed by atoms with E-state index in [0.717, 1.165) is 11.4 Å². The van der Waals surface area contributed by atoms with Gasteiger partial charge in [-0.3, -0.25) is 10.1 Å². The molecule has 0 N–H and O–H groups in total. The van der Waals surface area contributed by atoms with E-state index in [2.05, 4.69) is 0 Å². The van der Waals surface area contributed by atoms with Crippen LogP contribution >= 0.6 is 0 Å². The van der Waals surface area contributed by atoms with Gasteiger partial charge in [-0.2, -0.15) is 0 Å². The predicted molar refractivity (Wildman–Crippen MR) is 81.9 cm³/mol. The molecule has 0 saturated carbocycles. The summed E-state index contributed by atoms with van der Waals surface area (Å²) in [5, 5.41) is 11.1. The highest BCUT2D eigenvalue weighted by Crippen LogP contribution is 2.32. The molecule has 0 heterocycles. The van der Waals surface area contributed by atoms with Crippen LogP contribution in [0.3, 0.4) is 0 Å². The standard InChI is InChI=1S/C15H17N3O2/c1-16(2)12-8-10-13(11-9-12)17(3)14-6-4-5-7-15(14)18(19)20/h4-11H,1-3H3. The first kappa shape index (κ1) is 13.9. The van der Waals surface area contributed by atoms with Crippen molar-refractivity contribution in [3.63, 3.8) is 0 Å². The molecule has 0 atom stereocenters. The number of nitro benzene ring substituents is 1. The zero-order valence-electron chi connectivity index (χ0n) is 11.8. The summed E-state index contributed by atoms with van der Waals surface area (Å²) in [5.74, 6) is 0. The number of anilines is 3. The molecule has 0 radical (unpaired) electrons. The molecule has 20 heavy (non-hydrogen) atoms. The number of hydrogen-bond acceptors (Lipinski definition) is 4. The zero-order chi connectivity index (χ0) is 14.7. The van der Waals surface area contributed by atoms with Crippen molar-refractivity contribution >= 4 is 22.7 Å². The van der Waals surface area contributed by atoms with E-state index in [4.69, 9.17) is 0 Å². The molecule has 104 valence electrons. The van der Waals surface area contributed by atoms with Crippen molar-refractivity contribution in [1.29, 1.82) is 0 Å². The average Bonchev–Trinajstić information content (AvgIpc) is 2.46. The summed E-state index contributed by atoms with van der Waals surface area (Å²) in [5.41, 5.74) is 2.68. The highest BCUT2D eigenvalue weighted by atomic mass is 16.6. The second-order valence-corrected chi connectivity index (χ2v) is 4.72. The molecule has 0 saturated heterocycles. The molecule has 2 aromatic carbocycles. The van der Waals surface area contributed by atoms with Gasteiger partial charge in [0, 0.05) is 38.6 Å². The lowest BCUT2D eigenvalue weighted by Crippen LogP contribution is -2.12. The molecule has 0 aliphatic rings. The Morgan fingerprint density at radius 3 is 2.00 bits per heavy atom. The van der Waals surface area contributed by atoms with Crippen LogP contribution in [-0.4, -0.2) is 26.1 Å². The van der Waals surface area contributed by atoms with E-state index in [1.807, 2.05) is 55.2 Å². The summed E-state index contributed by atoms with van der Waals surface area (Å²) in [6.45, 7) is 0. The molecule has 0 unspecified atom stereocenters. The Kier molecular flexibility index (Phi) is 3.89. The molecular weight excluding hydrogens is 254 g/mol. The number of hydrogen-bond donors (Lipinski definition) is 0. The van der Waals surface area contributed by atoms with Gasteiger partial charge in [-0.15, -0.1) is 0 Å².